The summed E-state index contributed by atoms with van der Waals surface area (Å²) in [6.45, 7) is 3.66. The molecule has 0 amide bonds. The molecule has 0 saturated carbocycles. The van der Waals surface area contributed by atoms with Crippen LogP contribution in [0.4, 0.5) is 5.69 Å². The van der Waals surface area contributed by atoms with Crippen LogP contribution in [0.15, 0.2) is 24.3 Å². The van der Waals surface area contributed by atoms with Crippen LogP contribution in [0.1, 0.15) is 12.8 Å². The largest absolute Gasteiger partial charge is 0.383 e. The van der Waals surface area contributed by atoms with E-state index in [9.17, 15) is 0 Å². The van der Waals surface area contributed by atoms with E-state index in [0.717, 1.165) is 37.0 Å². The van der Waals surface area contributed by atoms with Crippen LogP contribution in [0.25, 0.3) is 0 Å². The second kappa shape index (κ2) is 6.84. The van der Waals surface area contributed by atoms with Crippen molar-refractivity contribution in [2.45, 2.75) is 18.9 Å². The lowest BCUT2D eigenvalue weighted by atomic mass is 10.2. The summed E-state index contributed by atoms with van der Waals surface area (Å²) in [5.74, 6) is 0. The number of nitrogens with one attached hydrogen (secondary N) is 2. The lowest BCUT2D eigenvalue weighted by Gasteiger charge is -2.12. The van der Waals surface area contributed by atoms with Gasteiger partial charge in [0.25, 0.3) is 0 Å². The van der Waals surface area contributed by atoms with E-state index in [2.05, 4.69) is 10.6 Å². The van der Waals surface area contributed by atoms with Gasteiger partial charge >= 0.3 is 0 Å². The Balaban J connectivity index is 1.58. The fraction of sp³-hybridized carbons (Fsp3) is 0.538. The molecular weight excluding hydrogens is 236 g/mol. The van der Waals surface area contributed by atoms with Crippen LogP contribution in [0.2, 0.25) is 5.02 Å². The summed E-state index contributed by atoms with van der Waals surface area (Å²) in [4.78, 5) is 0. The monoisotopic (exact) mass is 254 g/mol. The zero-order valence-electron chi connectivity index (χ0n) is 9.92. The van der Waals surface area contributed by atoms with E-state index < -0.39 is 0 Å². The summed E-state index contributed by atoms with van der Waals surface area (Å²) in [5, 5.41) is 7.46. The van der Waals surface area contributed by atoms with Gasteiger partial charge in [-0.1, -0.05) is 23.7 Å². The maximum atomic E-state index is 6.04. The van der Waals surface area contributed by atoms with Gasteiger partial charge in [-0.25, -0.2) is 0 Å². The van der Waals surface area contributed by atoms with Gasteiger partial charge in [0.05, 0.1) is 16.8 Å². The Morgan fingerprint density at radius 2 is 2.18 bits per heavy atom. The third-order valence-corrected chi connectivity index (χ3v) is 3.22. The highest BCUT2D eigenvalue weighted by molar-refractivity contribution is 6.33. The predicted molar refractivity (Wildman–Crippen MR) is 71.8 cm³/mol. The molecule has 0 spiro atoms. The first kappa shape index (κ1) is 12.7. The highest BCUT2D eigenvalue weighted by Gasteiger charge is 2.13. The average molecular weight is 255 g/mol. The number of hydrogen-bond donors (Lipinski definition) is 2. The molecule has 1 aromatic carbocycles. The fourth-order valence-corrected chi connectivity index (χ4v) is 2.16. The van der Waals surface area contributed by atoms with Crippen molar-refractivity contribution in [3.8, 4) is 0 Å². The van der Waals surface area contributed by atoms with Crippen LogP contribution in [-0.2, 0) is 4.74 Å². The molecule has 0 radical (unpaired) electrons. The van der Waals surface area contributed by atoms with Crippen LogP contribution in [0.3, 0.4) is 0 Å². The van der Waals surface area contributed by atoms with Crippen molar-refractivity contribution in [3.05, 3.63) is 29.3 Å². The molecule has 0 aliphatic carbocycles. The van der Waals surface area contributed by atoms with Crippen molar-refractivity contribution in [1.82, 2.24) is 5.32 Å². The SMILES string of the molecule is Clc1ccccc1NCCNCC1CCCO1. The molecule has 1 atom stereocenters. The first-order chi connectivity index (χ1) is 8.36. The summed E-state index contributed by atoms with van der Waals surface area (Å²) >= 11 is 6.04. The van der Waals surface area contributed by atoms with Crippen molar-refractivity contribution in [2.24, 2.45) is 0 Å². The van der Waals surface area contributed by atoms with Crippen LogP contribution in [0.5, 0.6) is 0 Å². The highest BCUT2D eigenvalue weighted by atomic mass is 35.5. The minimum absolute atomic E-state index is 0.412. The Hall–Kier alpha value is -0.770. The van der Waals surface area contributed by atoms with Gasteiger partial charge in [0, 0.05) is 26.2 Å². The van der Waals surface area contributed by atoms with E-state index >= 15 is 0 Å². The molecule has 0 bridgehead atoms. The molecule has 1 aliphatic heterocycles. The number of anilines is 1. The second-order valence-corrected chi connectivity index (χ2v) is 4.65. The number of rotatable bonds is 6. The topological polar surface area (TPSA) is 33.3 Å². The van der Waals surface area contributed by atoms with Crippen LogP contribution in [0, 0.1) is 0 Å². The third kappa shape index (κ3) is 4.19. The van der Waals surface area contributed by atoms with Crippen molar-refractivity contribution in [3.63, 3.8) is 0 Å². The predicted octanol–water partition coefficient (Wildman–Crippen LogP) is 2.52. The second-order valence-electron chi connectivity index (χ2n) is 4.25. The number of hydrogen-bond acceptors (Lipinski definition) is 3. The van der Waals surface area contributed by atoms with Gasteiger partial charge in [-0.3, -0.25) is 0 Å². The standard InChI is InChI=1S/C13H19ClN2O/c14-12-5-1-2-6-13(12)16-8-7-15-10-11-4-3-9-17-11/h1-2,5-6,11,15-16H,3-4,7-10H2. The fourth-order valence-electron chi connectivity index (χ4n) is 1.96. The molecule has 94 valence electrons. The first-order valence-electron chi connectivity index (χ1n) is 6.17. The van der Waals surface area contributed by atoms with Crippen LogP contribution < -0.4 is 10.6 Å². The Morgan fingerprint density at radius 3 is 2.94 bits per heavy atom. The molecule has 2 N–H and O–H groups in total. The molecule has 1 aliphatic rings. The van der Waals surface area contributed by atoms with Gasteiger partial charge in [-0.15, -0.1) is 0 Å². The minimum atomic E-state index is 0.412. The molecule has 1 aromatic rings. The van der Waals surface area contributed by atoms with Crippen molar-refractivity contribution >= 4 is 17.3 Å². The summed E-state index contributed by atoms with van der Waals surface area (Å²) < 4.78 is 5.53. The zero-order chi connectivity index (χ0) is 11.9. The molecule has 4 heteroatoms. The molecule has 1 unspecified atom stereocenters. The molecular formula is C13H19ClN2O. The minimum Gasteiger partial charge on any atom is -0.383 e. The molecule has 1 fully saturated rings. The molecule has 17 heavy (non-hydrogen) atoms. The number of ether oxygens (including phenoxy) is 1. The van der Waals surface area contributed by atoms with E-state index in [1.54, 1.807) is 0 Å². The van der Waals surface area contributed by atoms with E-state index in [4.69, 9.17) is 16.3 Å². The Labute approximate surface area is 107 Å². The summed E-state index contributed by atoms with van der Waals surface area (Å²) in [5.41, 5.74) is 0.994. The Kier molecular flexibility index (Phi) is 5.10. The molecule has 1 heterocycles. The van der Waals surface area contributed by atoms with Gasteiger partial charge in [-0.2, -0.15) is 0 Å². The quantitative estimate of drug-likeness (QED) is 0.766. The summed E-state index contributed by atoms with van der Waals surface area (Å²) in [6, 6.07) is 7.79. The zero-order valence-corrected chi connectivity index (χ0v) is 10.7. The van der Waals surface area contributed by atoms with Crippen molar-refractivity contribution in [1.29, 1.82) is 0 Å². The average Bonchev–Trinajstić information content (AvgIpc) is 2.84. The summed E-state index contributed by atoms with van der Waals surface area (Å²) in [7, 11) is 0. The van der Waals surface area contributed by atoms with Crippen molar-refractivity contribution < 1.29 is 4.74 Å². The van der Waals surface area contributed by atoms with Gasteiger partial charge in [-0.05, 0) is 25.0 Å². The van der Waals surface area contributed by atoms with Gasteiger partial charge in [0.2, 0.25) is 0 Å². The number of para-hydroxylation sites is 1. The van der Waals surface area contributed by atoms with E-state index in [0.29, 0.717) is 6.10 Å². The number of benzene rings is 1. The normalized spacial score (nSPS) is 19.5. The van der Waals surface area contributed by atoms with Crippen LogP contribution in [-0.4, -0.2) is 32.3 Å². The van der Waals surface area contributed by atoms with Crippen molar-refractivity contribution in [2.75, 3.05) is 31.6 Å². The highest BCUT2D eigenvalue weighted by Crippen LogP contribution is 2.19. The lowest BCUT2D eigenvalue weighted by molar-refractivity contribution is 0.110. The van der Waals surface area contributed by atoms with Gasteiger partial charge < -0.3 is 15.4 Å². The smallest absolute Gasteiger partial charge is 0.0700 e. The van der Waals surface area contributed by atoms with E-state index in [1.165, 1.54) is 12.8 Å². The van der Waals surface area contributed by atoms with E-state index in [1.807, 2.05) is 24.3 Å². The third-order valence-electron chi connectivity index (χ3n) is 2.89. The lowest BCUT2D eigenvalue weighted by Crippen LogP contribution is -2.30. The van der Waals surface area contributed by atoms with E-state index in [-0.39, 0.29) is 0 Å². The van der Waals surface area contributed by atoms with Gasteiger partial charge in [0.15, 0.2) is 0 Å². The maximum absolute atomic E-state index is 6.04. The van der Waals surface area contributed by atoms with Gasteiger partial charge in [0.1, 0.15) is 0 Å². The Bertz CT molecular complexity index is 340. The van der Waals surface area contributed by atoms with Crippen LogP contribution >= 0.6 is 11.6 Å². The first-order valence-corrected chi connectivity index (χ1v) is 6.55. The molecule has 1 saturated heterocycles. The Morgan fingerprint density at radius 1 is 1.29 bits per heavy atom. The molecule has 3 nitrogen and oxygen atoms in total. The molecule has 0 aromatic heterocycles. The number of halogens is 1. The summed E-state index contributed by atoms with van der Waals surface area (Å²) in [6.07, 6.45) is 2.80. The molecule has 2 rings (SSSR count). The maximum Gasteiger partial charge on any atom is 0.0700 e.